The molecule has 2 N–H and O–H groups in total. The lowest BCUT2D eigenvalue weighted by atomic mass is 10.2. The van der Waals surface area contributed by atoms with Crippen LogP contribution in [0.25, 0.3) is 0 Å². The summed E-state index contributed by atoms with van der Waals surface area (Å²) in [5.41, 5.74) is -2.20. The molecule has 20 heavy (non-hydrogen) atoms. The summed E-state index contributed by atoms with van der Waals surface area (Å²) < 4.78 is 38.1. The van der Waals surface area contributed by atoms with Gasteiger partial charge in [0.2, 0.25) is 0 Å². The monoisotopic (exact) mass is 288 g/mol. The number of hydrogen-bond acceptors (Lipinski definition) is 4. The molecule has 110 valence electrons. The van der Waals surface area contributed by atoms with Crippen LogP contribution in [0.4, 0.5) is 19.0 Å². The van der Waals surface area contributed by atoms with Crippen LogP contribution in [0.15, 0.2) is 12.4 Å². The van der Waals surface area contributed by atoms with E-state index >= 15 is 0 Å². The lowest BCUT2D eigenvalue weighted by molar-refractivity contribution is -0.163. The van der Waals surface area contributed by atoms with E-state index in [2.05, 4.69) is 15.3 Å². The molecule has 0 bridgehead atoms. The number of halogens is 3. The summed E-state index contributed by atoms with van der Waals surface area (Å²) in [6.07, 6.45) is -1.22. The van der Waals surface area contributed by atoms with Gasteiger partial charge < -0.3 is 10.6 Å². The van der Waals surface area contributed by atoms with Gasteiger partial charge in [0.05, 0.1) is 12.4 Å². The van der Waals surface area contributed by atoms with Crippen LogP contribution in [0.2, 0.25) is 0 Å². The van der Waals surface area contributed by atoms with Crippen molar-refractivity contribution in [1.29, 1.82) is 0 Å². The molecule has 0 aliphatic heterocycles. The van der Waals surface area contributed by atoms with Gasteiger partial charge in [-0.1, -0.05) is 6.92 Å². The highest BCUT2D eigenvalue weighted by molar-refractivity contribution is 5.93. The molecule has 1 aromatic heterocycles. The van der Waals surface area contributed by atoms with Crippen LogP contribution in [0, 0.1) is 0 Å². The normalized spacial score (nSPS) is 16.6. The Morgan fingerprint density at radius 3 is 2.50 bits per heavy atom. The molecule has 0 atom stereocenters. The fourth-order valence-corrected chi connectivity index (χ4v) is 1.68. The summed E-state index contributed by atoms with van der Waals surface area (Å²) in [6, 6.07) is 0. The second kappa shape index (κ2) is 5.26. The van der Waals surface area contributed by atoms with Crippen molar-refractivity contribution in [3.05, 3.63) is 18.1 Å². The smallest absolute Gasteiger partial charge is 0.369 e. The molecule has 1 aliphatic rings. The highest BCUT2D eigenvalue weighted by Crippen LogP contribution is 2.48. The van der Waals surface area contributed by atoms with Gasteiger partial charge in [-0.15, -0.1) is 0 Å². The minimum absolute atomic E-state index is 0.0915. The summed E-state index contributed by atoms with van der Waals surface area (Å²) in [6.45, 7) is 2.69. The number of nitrogens with zero attached hydrogens (tertiary/aromatic N) is 2. The number of alkyl halides is 3. The quantitative estimate of drug-likeness (QED) is 0.871. The Bertz CT molecular complexity index is 482. The van der Waals surface area contributed by atoms with Crippen LogP contribution in [0.1, 0.15) is 36.7 Å². The van der Waals surface area contributed by atoms with Crippen LogP contribution in [-0.2, 0) is 0 Å². The first kappa shape index (κ1) is 14.5. The van der Waals surface area contributed by atoms with E-state index in [1.165, 1.54) is 12.4 Å². The van der Waals surface area contributed by atoms with E-state index in [1.54, 1.807) is 0 Å². The Morgan fingerprint density at radius 1 is 1.35 bits per heavy atom. The van der Waals surface area contributed by atoms with E-state index < -0.39 is 17.6 Å². The summed E-state index contributed by atoms with van der Waals surface area (Å²) in [4.78, 5) is 19.5. The third-order valence-electron chi connectivity index (χ3n) is 3.09. The van der Waals surface area contributed by atoms with E-state index in [0.29, 0.717) is 12.4 Å². The first-order valence-corrected chi connectivity index (χ1v) is 6.33. The number of hydrogen-bond donors (Lipinski definition) is 2. The molecular formula is C12H15F3N4O. The van der Waals surface area contributed by atoms with Crippen molar-refractivity contribution < 1.29 is 18.0 Å². The van der Waals surface area contributed by atoms with Crippen molar-refractivity contribution in [2.75, 3.05) is 11.9 Å². The standard InChI is InChI=1S/C12H15F3N4O/c1-2-5-16-9-7-17-8(6-18-9)10(20)19-11(3-4-11)12(13,14)15/h6-7H,2-5H2,1H3,(H,16,18)(H,19,20). The number of amides is 1. The van der Waals surface area contributed by atoms with Crippen molar-refractivity contribution in [2.24, 2.45) is 0 Å². The summed E-state index contributed by atoms with van der Waals surface area (Å²) in [5, 5.41) is 4.96. The molecule has 1 fully saturated rings. The fourth-order valence-electron chi connectivity index (χ4n) is 1.68. The molecule has 1 saturated carbocycles. The molecule has 1 aliphatic carbocycles. The van der Waals surface area contributed by atoms with Gasteiger partial charge in [-0.25, -0.2) is 9.97 Å². The van der Waals surface area contributed by atoms with Crippen molar-refractivity contribution in [2.45, 2.75) is 37.9 Å². The lowest BCUT2D eigenvalue weighted by Gasteiger charge is -2.20. The van der Waals surface area contributed by atoms with E-state index in [0.717, 1.165) is 6.42 Å². The third-order valence-corrected chi connectivity index (χ3v) is 3.09. The van der Waals surface area contributed by atoms with Gasteiger partial charge in [-0.3, -0.25) is 4.79 Å². The zero-order chi connectivity index (χ0) is 14.8. The predicted molar refractivity (Wildman–Crippen MR) is 66.3 cm³/mol. The molecule has 0 radical (unpaired) electrons. The molecule has 0 unspecified atom stereocenters. The number of nitrogens with one attached hydrogen (secondary N) is 2. The average molecular weight is 288 g/mol. The van der Waals surface area contributed by atoms with Crippen LogP contribution in [0.3, 0.4) is 0 Å². The average Bonchev–Trinajstić information content (AvgIpc) is 3.17. The lowest BCUT2D eigenvalue weighted by Crippen LogP contribution is -2.48. The zero-order valence-corrected chi connectivity index (χ0v) is 10.9. The Morgan fingerprint density at radius 2 is 2.05 bits per heavy atom. The van der Waals surface area contributed by atoms with Gasteiger partial charge in [-0.05, 0) is 19.3 Å². The Balaban J connectivity index is 2.00. The largest absolute Gasteiger partial charge is 0.411 e. The van der Waals surface area contributed by atoms with E-state index in [9.17, 15) is 18.0 Å². The summed E-state index contributed by atoms with van der Waals surface area (Å²) in [7, 11) is 0. The van der Waals surface area contributed by atoms with Gasteiger partial charge in [0.15, 0.2) is 0 Å². The number of anilines is 1. The molecule has 0 aromatic carbocycles. The van der Waals surface area contributed by atoms with Gasteiger partial charge in [0, 0.05) is 6.54 Å². The summed E-state index contributed by atoms with van der Waals surface area (Å²) >= 11 is 0. The minimum Gasteiger partial charge on any atom is -0.369 e. The molecule has 1 heterocycles. The van der Waals surface area contributed by atoms with Crippen molar-refractivity contribution in [3.8, 4) is 0 Å². The molecule has 0 saturated heterocycles. The van der Waals surface area contributed by atoms with Crippen LogP contribution in [0.5, 0.6) is 0 Å². The minimum atomic E-state index is -4.43. The van der Waals surface area contributed by atoms with Crippen LogP contribution < -0.4 is 10.6 Å². The molecule has 0 spiro atoms. The molecule has 5 nitrogen and oxygen atoms in total. The fraction of sp³-hybridized carbons (Fsp3) is 0.583. The van der Waals surface area contributed by atoms with Gasteiger partial charge in [-0.2, -0.15) is 13.2 Å². The Kier molecular flexibility index (Phi) is 3.82. The van der Waals surface area contributed by atoms with E-state index in [-0.39, 0.29) is 18.5 Å². The highest BCUT2D eigenvalue weighted by atomic mass is 19.4. The van der Waals surface area contributed by atoms with Gasteiger partial charge in [0.25, 0.3) is 5.91 Å². The molecule has 8 heteroatoms. The highest BCUT2D eigenvalue weighted by Gasteiger charge is 2.64. The molecule has 1 aromatic rings. The Labute approximate surface area is 114 Å². The third kappa shape index (κ3) is 3.00. The zero-order valence-electron chi connectivity index (χ0n) is 10.9. The number of aromatic nitrogens is 2. The molecular weight excluding hydrogens is 273 g/mol. The van der Waals surface area contributed by atoms with Crippen molar-refractivity contribution in [3.63, 3.8) is 0 Å². The number of rotatable bonds is 5. The van der Waals surface area contributed by atoms with Crippen LogP contribution in [-0.4, -0.2) is 34.1 Å². The first-order valence-electron chi connectivity index (χ1n) is 6.33. The van der Waals surface area contributed by atoms with Crippen molar-refractivity contribution in [1.82, 2.24) is 15.3 Å². The Hall–Kier alpha value is -1.86. The van der Waals surface area contributed by atoms with Crippen LogP contribution >= 0.6 is 0 Å². The predicted octanol–water partition coefficient (Wildman–Crippen LogP) is 2.12. The van der Waals surface area contributed by atoms with Gasteiger partial charge >= 0.3 is 6.18 Å². The van der Waals surface area contributed by atoms with Gasteiger partial charge in [0.1, 0.15) is 17.1 Å². The first-order chi connectivity index (χ1) is 9.38. The second-order valence-electron chi connectivity index (χ2n) is 4.75. The summed E-state index contributed by atoms with van der Waals surface area (Å²) in [5.74, 6) is -0.366. The van der Waals surface area contributed by atoms with Crippen molar-refractivity contribution >= 4 is 11.7 Å². The molecule has 1 amide bonds. The maximum Gasteiger partial charge on any atom is 0.411 e. The molecule has 2 rings (SSSR count). The van der Waals surface area contributed by atoms with E-state index in [1.807, 2.05) is 12.2 Å². The SMILES string of the molecule is CCCNc1cnc(C(=O)NC2(C(F)(F)F)CC2)cn1. The van der Waals surface area contributed by atoms with E-state index in [4.69, 9.17) is 0 Å². The number of carbonyl (C=O) groups excluding carboxylic acids is 1. The number of carbonyl (C=O) groups is 1. The topological polar surface area (TPSA) is 66.9 Å². The second-order valence-corrected chi connectivity index (χ2v) is 4.75. The maximum absolute atomic E-state index is 12.7. The maximum atomic E-state index is 12.7.